The molecule has 2 heterocycles. The smallest absolute Gasteiger partial charge is 0.335 e. The van der Waals surface area contributed by atoms with Gasteiger partial charge in [0.1, 0.15) is 0 Å². The van der Waals surface area contributed by atoms with Crippen molar-refractivity contribution < 1.29 is 9.90 Å². The summed E-state index contributed by atoms with van der Waals surface area (Å²) in [5.41, 5.74) is 2.92. The fraction of sp³-hybridized carbons (Fsp3) is 0.100. The highest BCUT2D eigenvalue weighted by Gasteiger charge is 2.13. The maximum Gasteiger partial charge on any atom is 0.335 e. The summed E-state index contributed by atoms with van der Waals surface area (Å²) >= 11 is 5.38. The van der Waals surface area contributed by atoms with Crippen molar-refractivity contribution in [2.75, 3.05) is 0 Å². The predicted molar refractivity (Wildman–Crippen MR) is 105 cm³/mol. The molecule has 2 aromatic carbocycles. The summed E-state index contributed by atoms with van der Waals surface area (Å²) in [6, 6.07) is 16.8. The van der Waals surface area contributed by atoms with Crippen LogP contribution in [-0.4, -0.2) is 30.8 Å². The van der Waals surface area contributed by atoms with E-state index in [4.69, 9.17) is 12.2 Å². The van der Waals surface area contributed by atoms with Crippen LogP contribution in [0.3, 0.4) is 0 Å². The first kappa shape index (κ1) is 17.1. The van der Waals surface area contributed by atoms with Gasteiger partial charge >= 0.3 is 5.97 Å². The Bertz CT molecular complexity index is 1200. The number of H-pyrrole nitrogens is 1. The first-order chi connectivity index (χ1) is 13.1. The number of nitrogens with zero attached hydrogens (tertiary/aromatic N) is 3. The topological polar surface area (TPSA) is 83.8 Å². The van der Waals surface area contributed by atoms with Crippen molar-refractivity contribution in [2.45, 2.75) is 13.0 Å². The first-order valence-corrected chi connectivity index (χ1v) is 8.86. The zero-order valence-electron chi connectivity index (χ0n) is 14.3. The van der Waals surface area contributed by atoms with Crippen molar-refractivity contribution in [1.29, 1.82) is 0 Å². The van der Waals surface area contributed by atoms with Crippen molar-refractivity contribution in [3.63, 3.8) is 0 Å². The minimum absolute atomic E-state index is 0.311. The monoisotopic (exact) mass is 376 g/mol. The summed E-state index contributed by atoms with van der Waals surface area (Å²) in [5.74, 6) is -0.206. The zero-order valence-corrected chi connectivity index (χ0v) is 15.1. The summed E-state index contributed by atoms with van der Waals surface area (Å²) in [4.78, 5) is 15.7. The Kier molecular flexibility index (Phi) is 4.52. The molecule has 0 bridgehead atoms. The van der Waals surface area contributed by atoms with Gasteiger partial charge in [0.2, 0.25) is 0 Å². The van der Waals surface area contributed by atoms with E-state index in [-0.39, 0.29) is 0 Å². The summed E-state index contributed by atoms with van der Waals surface area (Å²) in [5, 5.41) is 17.6. The van der Waals surface area contributed by atoms with Crippen LogP contribution in [0.5, 0.6) is 0 Å². The van der Waals surface area contributed by atoms with Gasteiger partial charge in [-0.2, -0.15) is 5.10 Å². The van der Waals surface area contributed by atoms with Crippen LogP contribution < -0.4 is 0 Å². The molecule has 27 heavy (non-hydrogen) atoms. The third-order valence-corrected chi connectivity index (χ3v) is 4.78. The molecule has 0 aliphatic rings. The van der Waals surface area contributed by atoms with Gasteiger partial charge in [0, 0.05) is 23.7 Å². The number of carbonyl (C=O) groups is 1. The Morgan fingerprint density at radius 3 is 2.85 bits per heavy atom. The Labute approximate surface area is 160 Å². The standard InChI is InChI=1S/C20H16N4O2S/c25-19(26)16-6-2-1-4-13(16)9-11-24-18(22-23-20(24)27)15-7-8-17-14(12-15)5-3-10-21-17/h1-8,10,12H,9,11H2,(H,23,27)(H,25,26). The van der Waals surface area contributed by atoms with Crippen molar-refractivity contribution in [1.82, 2.24) is 19.7 Å². The lowest BCUT2D eigenvalue weighted by Crippen LogP contribution is -2.08. The molecule has 0 spiro atoms. The summed E-state index contributed by atoms with van der Waals surface area (Å²) in [7, 11) is 0. The van der Waals surface area contributed by atoms with Gasteiger partial charge in [-0.25, -0.2) is 4.79 Å². The van der Waals surface area contributed by atoms with E-state index < -0.39 is 5.97 Å². The molecule has 0 amide bonds. The number of aryl methyl sites for hydroxylation is 1. The maximum atomic E-state index is 11.4. The van der Waals surface area contributed by atoms with Gasteiger partial charge in [-0.1, -0.05) is 24.3 Å². The molecule has 0 aliphatic heterocycles. The van der Waals surface area contributed by atoms with Crippen LogP contribution in [0.1, 0.15) is 15.9 Å². The van der Waals surface area contributed by atoms with Crippen LogP contribution in [0.15, 0.2) is 60.8 Å². The van der Waals surface area contributed by atoms with Crippen LogP contribution in [0, 0.1) is 4.77 Å². The highest BCUT2D eigenvalue weighted by molar-refractivity contribution is 7.71. The lowest BCUT2D eigenvalue weighted by Gasteiger charge is -2.09. The molecule has 0 atom stereocenters. The second-order valence-corrected chi connectivity index (χ2v) is 6.51. The van der Waals surface area contributed by atoms with Crippen LogP contribution >= 0.6 is 12.2 Å². The van der Waals surface area contributed by atoms with E-state index in [1.807, 2.05) is 47.0 Å². The molecule has 134 valence electrons. The van der Waals surface area contributed by atoms with E-state index in [2.05, 4.69) is 15.2 Å². The fourth-order valence-electron chi connectivity index (χ4n) is 3.14. The van der Waals surface area contributed by atoms with Crippen molar-refractivity contribution >= 4 is 29.1 Å². The molecule has 0 saturated carbocycles. The first-order valence-electron chi connectivity index (χ1n) is 8.45. The average Bonchev–Trinajstić information content (AvgIpc) is 3.06. The van der Waals surface area contributed by atoms with Crippen molar-refractivity contribution in [2.24, 2.45) is 0 Å². The molecule has 6 nitrogen and oxygen atoms in total. The number of aromatic nitrogens is 4. The molecule has 2 N–H and O–H groups in total. The number of rotatable bonds is 5. The molecular weight excluding hydrogens is 360 g/mol. The lowest BCUT2D eigenvalue weighted by molar-refractivity contribution is 0.0695. The van der Waals surface area contributed by atoms with Crippen molar-refractivity contribution in [3.8, 4) is 11.4 Å². The Morgan fingerprint density at radius 1 is 1.15 bits per heavy atom. The number of nitrogens with one attached hydrogen (secondary N) is 1. The van der Waals surface area contributed by atoms with E-state index >= 15 is 0 Å². The molecule has 0 fully saturated rings. The highest BCUT2D eigenvalue weighted by atomic mass is 32.1. The van der Waals surface area contributed by atoms with Gasteiger partial charge in [0.25, 0.3) is 0 Å². The minimum Gasteiger partial charge on any atom is -0.478 e. The third-order valence-electron chi connectivity index (χ3n) is 4.47. The van der Waals surface area contributed by atoms with Crippen molar-refractivity contribution in [3.05, 3.63) is 76.7 Å². The summed E-state index contributed by atoms with van der Waals surface area (Å²) in [6.07, 6.45) is 2.30. The van der Waals surface area contributed by atoms with E-state index in [0.29, 0.717) is 23.3 Å². The number of carboxylic acids is 1. The average molecular weight is 376 g/mol. The van der Waals surface area contributed by atoms with E-state index in [1.54, 1.807) is 18.3 Å². The number of carboxylic acid groups (broad SMARTS) is 1. The van der Waals surface area contributed by atoms with E-state index in [9.17, 15) is 9.90 Å². The number of aromatic amines is 1. The lowest BCUT2D eigenvalue weighted by atomic mass is 10.0. The quantitative estimate of drug-likeness (QED) is 0.513. The Hall–Kier alpha value is -3.32. The Morgan fingerprint density at radius 2 is 2.00 bits per heavy atom. The largest absolute Gasteiger partial charge is 0.478 e. The Balaban J connectivity index is 1.68. The molecule has 0 aliphatic carbocycles. The second-order valence-electron chi connectivity index (χ2n) is 6.13. The van der Waals surface area contributed by atoms with Gasteiger partial charge in [0.15, 0.2) is 10.6 Å². The molecule has 0 radical (unpaired) electrons. The molecule has 7 heteroatoms. The maximum absolute atomic E-state index is 11.4. The van der Waals surface area contributed by atoms with E-state index in [1.165, 1.54) is 0 Å². The number of hydrogen-bond acceptors (Lipinski definition) is 4. The fourth-order valence-corrected chi connectivity index (χ4v) is 3.36. The van der Waals surface area contributed by atoms with Crippen LogP contribution in [-0.2, 0) is 13.0 Å². The number of fused-ring (bicyclic) bond motifs is 1. The van der Waals surface area contributed by atoms with Crippen LogP contribution in [0.2, 0.25) is 0 Å². The SMILES string of the molecule is O=C(O)c1ccccc1CCn1c(-c2ccc3ncccc3c2)n[nH]c1=S. The van der Waals surface area contributed by atoms with Crippen LogP contribution in [0.4, 0.5) is 0 Å². The molecular formula is C20H16N4O2S. The number of aromatic carboxylic acids is 1. The van der Waals surface area contributed by atoms with Gasteiger partial charge < -0.3 is 5.11 Å². The van der Waals surface area contributed by atoms with Gasteiger partial charge in [-0.15, -0.1) is 0 Å². The highest BCUT2D eigenvalue weighted by Crippen LogP contribution is 2.23. The zero-order chi connectivity index (χ0) is 18.8. The number of pyridine rings is 1. The predicted octanol–water partition coefficient (Wildman–Crippen LogP) is 4.10. The molecule has 2 aromatic heterocycles. The molecule has 4 rings (SSSR count). The number of hydrogen-bond donors (Lipinski definition) is 2. The summed E-state index contributed by atoms with van der Waals surface area (Å²) in [6.45, 7) is 0.528. The third kappa shape index (κ3) is 3.37. The van der Waals surface area contributed by atoms with E-state index in [0.717, 1.165) is 27.9 Å². The summed E-state index contributed by atoms with van der Waals surface area (Å²) < 4.78 is 2.40. The van der Waals surface area contributed by atoms with Gasteiger partial charge in [-0.3, -0.25) is 14.6 Å². The van der Waals surface area contributed by atoms with Gasteiger partial charge in [-0.05, 0) is 54.5 Å². The van der Waals surface area contributed by atoms with Gasteiger partial charge in [0.05, 0.1) is 11.1 Å². The number of benzene rings is 2. The molecule has 0 unspecified atom stereocenters. The second kappa shape index (κ2) is 7.13. The minimum atomic E-state index is -0.927. The van der Waals surface area contributed by atoms with Crippen LogP contribution in [0.25, 0.3) is 22.3 Å². The molecule has 0 saturated heterocycles. The normalized spacial score (nSPS) is 11.0. The molecule has 4 aromatic rings.